The number of amides is 1. The van der Waals surface area contributed by atoms with Crippen LogP contribution in [-0.4, -0.2) is 25.5 Å². The van der Waals surface area contributed by atoms with Crippen molar-refractivity contribution < 1.29 is 4.79 Å². The Bertz CT molecular complexity index is 369. The highest BCUT2D eigenvalue weighted by Gasteiger charge is 2.26. The average molecular weight is 266 g/mol. The van der Waals surface area contributed by atoms with Gasteiger partial charge in [-0.25, -0.2) is 0 Å². The average Bonchev–Trinajstić information content (AvgIpc) is 2.88. The molecular weight excluding hydrogens is 244 g/mol. The smallest absolute Gasteiger partial charge is 0.220 e. The topological polar surface area (TPSA) is 41.1 Å². The number of carbonyl (C=O) groups excluding carboxylic acids is 1. The first-order valence-electron chi connectivity index (χ1n) is 6.68. The largest absolute Gasteiger partial charge is 0.356 e. The van der Waals surface area contributed by atoms with Crippen molar-refractivity contribution in [3.63, 3.8) is 0 Å². The number of carbonyl (C=O) groups is 1. The standard InChI is InChI=1S/C14H22N2OS/c1-14(6-8-15-9-7-14)11-16-13(17)5-4-12-3-2-10-18-12/h2-3,10,15H,4-9,11H2,1H3,(H,16,17). The van der Waals surface area contributed by atoms with Gasteiger partial charge in [-0.1, -0.05) is 13.0 Å². The van der Waals surface area contributed by atoms with Crippen molar-refractivity contribution in [2.24, 2.45) is 5.41 Å². The Hall–Kier alpha value is -0.870. The van der Waals surface area contributed by atoms with Crippen LogP contribution in [0.25, 0.3) is 0 Å². The Morgan fingerprint density at radius 3 is 2.94 bits per heavy atom. The number of piperidine rings is 1. The molecule has 2 heterocycles. The molecule has 100 valence electrons. The molecule has 1 amide bonds. The van der Waals surface area contributed by atoms with Gasteiger partial charge in [0.1, 0.15) is 0 Å². The van der Waals surface area contributed by atoms with Gasteiger partial charge in [-0.05, 0) is 49.2 Å². The van der Waals surface area contributed by atoms with Gasteiger partial charge in [0, 0.05) is 17.8 Å². The van der Waals surface area contributed by atoms with Crippen molar-refractivity contribution in [3.8, 4) is 0 Å². The molecule has 2 rings (SSSR count). The van der Waals surface area contributed by atoms with Gasteiger partial charge >= 0.3 is 0 Å². The number of thiophene rings is 1. The Kier molecular flexibility index (Phi) is 4.78. The fraction of sp³-hybridized carbons (Fsp3) is 0.643. The van der Waals surface area contributed by atoms with Crippen molar-refractivity contribution in [1.82, 2.24) is 10.6 Å². The Labute approximate surface area is 113 Å². The zero-order valence-corrected chi connectivity index (χ0v) is 11.8. The molecule has 0 spiro atoms. The maximum absolute atomic E-state index is 11.8. The lowest BCUT2D eigenvalue weighted by atomic mass is 9.81. The van der Waals surface area contributed by atoms with Gasteiger partial charge in [0.25, 0.3) is 0 Å². The van der Waals surface area contributed by atoms with E-state index >= 15 is 0 Å². The quantitative estimate of drug-likeness (QED) is 0.858. The van der Waals surface area contributed by atoms with E-state index in [9.17, 15) is 4.79 Å². The summed E-state index contributed by atoms with van der Waals surface area (Å²) >= 11 is 1.72. The molecule has 0 saturated carbocycles. The lowest BCUT2D eigenvalue weighted by Gasteiger charge is -2.34. The van der Waals surface area contributed by atoms with E-state index < -0.39 is 0 Å². The molecular formula is C14H22N2OS. The van der Waals surface area contributed by atoms with Crippen LogP contribution >= 0.6 is 11.3 Å². The molecule has 3 nitrogen and oxygen atoms in total. The monoisotopic (exact) mass is 266 g/mol. The van der Waals surface area contributed by atoms with Crippen LogP contribution < -0.4 is 10.6 Å². The van der Waals surface area contributed by atoms with Crippen LogP contribution in [0, 0.1) is 5.41 Å². The molecule has 1 aromatic rings. The van der Waals surface area contributed by atoms with E-state index in [2.05, 4.69) is 29.0 Å². The molecule has 1 fully saturated rings. The minimum atomic E-state index is 0.183. The van der Waals surface area contributed by atoms with Crippen LogP contribution in [0.4, 0.5) is 0 Å². The summed E-state index contributed by atoms with van der Waals surface area (Å²) in [5.41, 5.74) is 0.282. The molecule has 0 radical (unpaired) electrons. The summed E-state index contributed by atoms with van der Waals surface area (Å²) < 4.78 is 0. The summed E-state index contributed by atoms with van der Waals surface area (Å²) in [7, 11) is 0. The molecule has 2 N–H and O–H groups in total. The molecule has 0 bridgehead atoms. The third kappa shape index (κ3) is 4.10. The van der Waals surface area contributed by atoms with Gasteiger partial charge in [-0.2, -0.15) is 0 Å². The second-order valence-corrected chi connectivity index (χ2v) is 6.45. The van der Waals surface area contributed by atoms with Crippen molar-refractivity contribution in [3.05, 3.63) is 22.4 Å². The van der Waals surface area contributed by atoms with Gasteiger partial charge in [0.2, 0.25) is 5.91 Å². The van der Waals surface area contributed by atoms with Gasteiger partial charge in [-0.3, -0.25) is 4.79 Å². The normalized spacial score (nSPS) is 18.5. The fourth-order valence-electron chi connectivity index (χ4n) is 2.30. The highest BCUT2D eigenvalue weighted by atomic mass is 32.1. The number of hydrogen-bond acceptors (Lipinski definition) is 3. The highest BCUT2D eigenvalue weighted by Crippen LogP contribution is 2.26. The van der Waals surface area contributed by atoms with E-state index in [0.29, 0.717) is 6.42 Å². The summed E-state index contributed by atoms with van der Waals surface area (Å²) in [5.74, 6) is 0.183. The van der Waals surface area contributed by atoms with Gasteiger partial charge in [0.05, 0.1) is 0 Å². The molecule has 18 heavy (non-hydrogen) atoms. The van der Waals surface area contributed by atoms with E-state index in [1.807, 2.05) is 6.07 Å². The SMILES string of the molecule is CC1(CNC(=O)CCc2cccs2)CCNCC1. The molecule has 1 saturated heterocycles. The van der Waals surface area contributed by atoms with Crippen molar-refractivity contribution in [1.29, 1.82) is 0 Å². The van der Waals surface area contributed by atoms with Gasteiger partial charge < -0.3 is 10.6 Å². The van der Waals surface area contributed by atoms with Crippen LogP contribution in [-0.2, 0) is 11.2 Å². The summed E-state index contributed by atoms with van der Waals surface area (Å²) in [6.45, 7) is 5.23. The molecule has 1 aliphatic rings. The second-order valence-electron chi connectivity index (χ2n) is 5.42. The molecule has 0 aromatic carbocycles. The van der Waals surface area contributed by atoms with E-state index in [1.54, 1.807) is 11.3 Å². The Morgan fingerprint density at radius 1 is 1.50 bits per heavy atom. The van der Waals surface area contributed by atoms with Gasteiger partial charge in [-0.15, -0.1) is 11.3 Å². The molecule has 0 unspecified atom stereocenters. The molecule has 4 heteroatoms. The lowest BCUT2D eigenvalue weighted by Crippen LogP contribution is -2.42. The van der Waals surface area contributed by atoms with Crippen molar-refractivity contribution >= 4 is 17.2 Å². The number of aryl methyl sites for hydroxylation is 1. The molecule has 0 atom stereocenters. The van der Waals surface area contributed by atoms with E-state index in [4.69, 9.17) is 0 Å². The zero-order valence-electron chi connectivity index (χ0n) is 11.0. The molecule has 1 aliphatic heterocycles. The van der Waals surface area contributed by atoms with Crippen LogP contribution in [0.15, 0.2) is 17.5 Å². The summed E-state index contributed by atoms with van der Waals surface area (Å²) in [4.78, 5) is 13.1. The first-order valence-corrected chi connectivity index (χ1v) is 7.56. The third-order valence-corrected chi connectivity index (χ3v) is 4.64. The van der Waals surface area contributed by atoms with Crippen LogP contribution in [0.2, 0.25) is 0 Å². The Balaban J connectivity index is 1.68. The van der Waals surface area contributed by atoms with Crippen molar-refractivity contribution in [2.75, 3.05) is 19.6 Å². The maximum atomic E-state index is 11.8. The number of hydrogen-bond donors (Lipinski definition) is 2. The van der Waals surface area contributed by atoms with Crippen LogP contribution in [0.5, 0.6) is 0 Å². The molecule has 0 aliphatic carbocycles. The molecule has 1 aromatic heterocycles. The second kappa shape index (κ2) is 6.34. The van der Waals surface area contributed by atoms with E-state index in [0.717, 1.165) is 38.9 Å². The fourth-order valence-corrected chi connectivity index (χ4v) is 3.01. The van der Waals surface area contributed by atoms with Crippen LogP contribution in [0.3, 0.4) is 0 Å². The van der Waals surface area contributed by atoms with Crippen molar-refractivity contribution in [2.45, 2.75) is 32.6 Å². The lowest BCUT2D eigenvalue weighted by molar-refractivity contribution is -0.121. The first kappa shape index (κ1) is 13.6. The first-order chi connectivity index (χ1) is 8.68. The Morgan fingerprint density at radius 2 is 2.28 bits per heavy atom. The maximum Gasteiger partial charge on any atom is 0.220 e. The number of rotatable bonds is 5. The predicted molar refractivity (Wildman–Crippen MR) is 75.9 cm³/mol. The van der Waals surface area contributed by atoms with E-state index in [-0.39, 0.29) is 11.3 Å². The van der Waals surface area contributed by atoms with E-state index in [1.165, 1.54) is 4.88 Å². The minimum absolute atomic E-state index is 0.183. The number of nitrogens with one attached hydrogen (secondary N) is 2. The van der Waals surface area contributed by atoms with Crippen LogP contribution in [0.1, 0.15) is 31.1 Å². The predicted octanol–water partition coefficient (Wildman–Crippen LogP) is 2.19. The zero-order chi connectivity index (χ0) is 12.8. The summed E-state index contributed by atoms with van der Waals surface area (Å²) in [5, 5.41) is 8.51. The summed E-state index contributed by atoms with van der Waals surface area (Å²) in [6, 6.07) is 4.13. The minimum Gasteiger partial charge on any atom is -0.356 e. The summed E-state index contributed by atoms with van der Waals surface area (Å²) in [6.07, 6.45) is 3.77. The third-order valence-electron chi connectivity index (χ3n) is 3.70. The van der Waals surface area contributed by atoms with Gasteiger partial charge in [0.15, 0.2) is 0 Å². The highest BCUT2D eigenvalue weighted by molar-refractivity contribution is 7.09.